The van der Waals surface area contributed by atoms with E-state index in [1.54, 1.807) is 12.3 Å². The number of pyridine rings is 1. The molecule has 0 radical (unpaired) electrons. The Labute approximate surface area is 125 Å². The summed E-state index contributed by atoms with van der Waals surface area (Å²) in [7, 11) is 0. The second kappa shape index (κ2) is 8.25. The standard InChI is InChI=1S/C17H22N2O2/c1-2-3-4-5-6-11-19-17(20)21-15-9-10-16-14(13-15)8-7-12-18-16/h7-10,12-13H,2-6,11H2,1H3,(H,19,20). The number of carbonyl (C=O) groups excluding carboxylic acids is 1. The molecule has 1 aromatic heterocycles. The summed E-state index contributed by atoms with van der Waals surface area (Å²) < 4.78 is 5.27. The first-order valence-electron chi connectivity index (χ1n) is 7.60. The quantitative estimate of drug-likeness (QED) is 0.772. The first-order chi connectivity index (χ1) is 10.3. The molecule has 0 unspecified atom stereocenters. The Kier molecular flexibility index (Phi) is 6.00. The summed E-state index contributed by atoms with van der Waals surface area (Å²) in [6, 6.07) is 9.24. The number of nitrogens with zero attached hydrogens (tertiary/aromatic N) is 1. The summed E-state index contributed by atoms with van der Waals surface area (Å²) in [5, 5.41) is 3.74. The molecule has 4 heteroatoms. The first-order valence-corrected chi connectivity index (χ1v) is 7.60. The number of nitrogens with one attached hydrogen (secondary N) is 1. The topological polar surface area (TPSA) is 51.2 Å². The van der Waals surface area contributed by atoms with Gasteiger partial charge in [0.1, 0.15) is 5.75 Å². The number of carbonyl (C=O) groups is 1. The first kappa shape index (κ1) is 15.3. The van der Waals surface area contributed by atoms with Gasteiger partial charge in [0.15, 0.2) is 0 Å². The zero-order chi connectivity index (χ0) is 14.9. The van der Waals surface area contributed by atoms with Gasteiger partial charge in [-0.1, -0.05) is 38.7 Å². The number of benzene rings is 1. The van der Waals surface area contributed by atoms with Crippen molar-refractivity contribution >= 4 is 17.0 Å². The molecule has 0 bridgehead atoms. The second-order valence-corrected chi connectivity index (χ2v) is 5.09. The maximum absolute atomic E-state index is 11.7. The highest BCUT2D eigenvalue weighted by atomic mass is 16.6. The number of amides is 1. The number of aromatic nitrogens is 1. The minimum Gasteiger partial charge on any atom is -0.410 e. The Balaban J connectivity index is 1.76. The molecule has 0 spiro atoms. The highest BCUT2D eigenvalue weighted by Crippen LogP contribution is 2.18. The van der Waals surface area contributed by atoms with E-state index in [9.17, 15) is 4.79 Å². The van der Waals surface area contributed by atoms with Crippen molar-refractivity contribution in [3.05, 3.63) is 36.5 Å². The third kappa shape index (κ3) is 5.06. The van der Waals surface area contributed by atoms with Crippen LogP contribution in [0.5, 0.6) is 5.75 Å². The predicted molar refractivity (Wildman–Crippen MR) is 84.5 cm³/mol. The zero-order valence-electron chi connectivity index (χ0n) is 12.5. The van der Waals surface area contributed by atoms with E-state index < -0.39 is 6.09 Å². The highest BCUT2D eigenvalue weighted by Gasteiger charge is 2.04. The lowest BCUT2D eigenvalue weighted by atomic mass is 10.1. The van der Waals surface area contributed by atoms with Crippen LogP contribution in [0.15, 0.2) is 36.5 Å². The zero-order valence-corrected chi connectivity index (χ0v) is 12.5. The van der Waals surface area contributed by atoms with Crippen molar-refractivity contribution in [1.29, 1.82) is 0 Å². The fourth-order valence-electron chi connectivity index (χ4n) is 2.18. The molecule has 1 amide bonds. The maximum atomic E-state index is 11.7. The molecule has 112 valence electrons. The van der Waals surface area contributed by atoms with Gasteiger partial charge >= 0.3 is 6.09 Å². The fraction of sp³-hybridized carbons (Fsp3) is 0.412. The third-order valence-corrected chi connectivity index (χ3v) is 3.33. The van der Waals surface area contributed by atoms with E-state index >= 15 is 0 Å². The van der Waals surface area contributed by atoms with E-state index in [1.165, 1.54) is 19.3 Å². The summed E-state index contributed by atoms with van der Waals surface area (Å²) >= 11 is 0. The number of hydrogen-bond acceptors (Lipinski definition) is 3. The van der Waals surface area contributed by atoms with Crippen LogP contribution >= 0.6 is 0 Å². The van der Waals surface area contributed by atoms with Gasteiger partial charge in [-0.05, 0) is 30.7 Å². The smallest absolute Gasteiger partial charge is 0.410 e. The van der Waals surface area contributed by atoms with Crippen LogP contribution in [0.1, 0.15) is 39.0 Å². The van der Waals surface area contributed by atoms with Crippen LogP contribution in [0.4, 0.5) is 4.79 Å². The van der Waals surface area contributed by atoms with Crippen molar-refractivity contribution in [1.82, 2.24) is 10.3 Å². The molecule has 21 heavy (non-hydrogen) atoms. The summed E-state index contributed by atoms with van der Waals surface area (Å²) in [6.45, 7) is 2.85. The molecule has 1 aromatic carbocycles. The summed E-state index contributed by atoms with van der Waals surface area (Å²) in [5.41, 5.74) is 0.890. The Morgan fingerprint density at radius 2 is 2.05 bits per heavy atom. The lowest BCUT2D eigenvalue weighted by Crippen LogP contribution is -2.27. The van der Waals surface area contributed by atoms with E-state index in [-0.39, 0.29) is 0 Å². The Morgan fingerprint density at radius 1 is 1.19 bits per heavy atom. The van der Waals surface area contributed by atoms with Gasteiger partial charge in [-0.25, -0.2) is 4.79 Å². The number of ether oxygens (including phenoxy) is 1. The van der Waals surface area contributed by atoms with Crippen LogP contribution in [0.2, 0.25) is 0 Å². The van der Waals surface area contributed by atoms with E-state index in [2.05, 4.69) is 17.2 Å². The van der Waals surface area contributed by atoms with Gasteiger partial charge in [-0.15, -0.1) is 0 Å². The SMILES string of the molecule is CCCCCCCNC(=O)Oc1ccc2ncccc2c1. The van der Waals surface area contributed by atoms with Gasteiger partial charge in [-0.2, -0.15) is 0 Å². The molecule has 0 saturated heterocycles. The number of unbranched alkanes of at least 4 members (excludes halogenated alkanes) is 4. The third-order valence-electron chi connectivity index (χ3n) is 3.33. The molecule has 0 aliphatic rings. The van der Waals surface area contributed by atoms with Gasteiger partial charge < -0.3 is 10.1 Å². The van der Waals surface area contributed by atoms with Gasteiger partial charge in [0.25, 0.3) is 0 Å². The average Bonchev–Trinajstić information content (AvgIpc) is 2.50. The minimum absolute atomic E-state index is 0.395. The summed E-state index contributed by atoms with van der Waals surface area (Å²) in [5.74, 6) is 0.541. The summed E-state index contributed by atoms with van der Waals surface area (Å²) in [4.78, 5) is 15.9. The highest BCUT2D eigenvalue weighted by molar-refractivity contribution is 5.81. The monoisotopic (exact) mass is 286 g/mol. The van der Waals surface area contributed by atoms with E-state index in [0.717, 1.165) is 23.7 Å². The molecule has 1 heterocycles. The Hall–Kier alpha value is -2.10. The van der Waals surface area contributed by atoms with Crippen LogP contribution < -0.4 is 10.1 Å². The van der Waals surface area contributed by atoms with Crippen LogP contribution in [0, 0.1) is 0 Å². The van der Waals surface area contributed by atoms with Gasteiger partial charge in [0.2, 0.25) is 0 Å². The normalized spacial score (nSPS) is 10.5. The molecule has 0 atom stereocenters. The molecule has 2 aromatic rings. The number of hydrogen-bond donors (Lipinski definition) is 1. The predicted octanol–water partition coefficient (Wildman–Crippen LogP) is 4.29. The van der Waals surface area contributed by atoms with Crippen molar-refractivity contribution in [2.45, 2.75) is 39.0 Å². The fourth-order valence-corrected chi connectivity index (χ4v) is 2.18. The maximum Gasteiger partial charge on any atom is 0.412 e. The molecule has 0 saturated carbocycles. The lowest BCUT2D eigenvalue weighted by molar-refractivity contribution is 0.200. The summed E-state index contributed by atoms with van der Waals surface area (Å²) in [6.07, 6.45) is 7.21. The molecule has 0 aliphatic heterocycles. The van der Waals surface area contributed by atoms with Crippen molar-refractivity contribution in [3.8, 4) is 5.75 Å². The number of rotatable bonds is 7. The Morgan fingerprint density at radius 3 is 2.90 bits per heavy atom. The average molecular weight is 286 g/mol. The largest absolute Gasteiger partial charge is 0.412 e. The molecular formula is C17H22N2O2. The second-order valence-electron chi connectivity index (χ2n) is 5.09. The van der Waals surface area contributed by atoms with Crippen LogP contribution in [0.25, 0.3) is 10.9 Å². The lowest BCUT2D eigenvalue weighted by Gasteiger charge is -2.07. The molecule has 2 rings (SSSR count). The molecule has 4 nitrogen and oxygen atoms in total. The van der Waals surface area contributed by atoms with Gasteiger partial charge in [-0.3, -0.25) is 4.98 Å². The Bertz CT molecular complexity index is 584. The minimum atomic E-state index is -0.395. The number of fused-ring (bicyclic) bond motifs is 1. The van der Waals surface area contributed by atoms with E-state index in [0.29, 0.717) is 12.3 Å². The molecule has 0 aliphatic carbocycles. The van der Waals surface area contributed by atoms with Crippen molar-refractivity contribution < 1.29 is 9.53 Å². The van der Waals surface area contributed by atoms with E-state index in [4.69, 9.17) is 4.74 Å². The molecule has 1 N–H and O–H groups in total. The van der Waals surface area contributed by atoms with Crippen molar-refractivity contribution in [2.75, 3.05) is 6.54 Å². The molecule has 0 fully saturated rings. The van der Waals surface area contributed by atoms with Crippen LogP contribution in [-0.2, 0) is 0 Å². The van der Waals surface area contributed by atoms with E-state index in [1.807, 2.05) is 24.3 Å². The van der Waals surface area contributed by atoms with Crippen molar-refractivity contribution in [2.24, 2.45) is 0 Å². The van der Waals surface area contributed by atoms with Gasteiger partial charge in [0.05, 0.1) is 5.52 Å². The van der Waals surface area contributed by atoms with Crippen LogP contribution in [0.3, 0.4) is 0 Å². The molecular weight excluding hydrogens is 264 g/mol. The van der Waals surface area contributed by atoms with Gasteiger partial charge in [0, 0.05) is 18.1 Å². The van der Waals surface area contributed by atoms with Crippen LogP contribution in [-0.4, -0.2) is 17.6 Å². The van der Waals surface area contributed by atoms with Crippen molar-refractivity contribution in [3.63, 3.8) is 0 Å².